The minimum absolute atomic E-state index is 0.883. The van der Waals surface area contributed by atoms with Crippen LogP contribution in [-0.4, -0.2) is 4.57 Å². The molecule has 9 aromatic carbocycles. The quantitative estimate of drug-likeness (QED) is 0.163. The summed E-state index contributed by atoms with van der Waals surface area (Å²) in [5.74, 6) is 0. The predicted octanol–water partition coefficient (Wildman–Crippen LogP) is 15.2. The van der Waals surface area contributed by atoms with Crippen LogP contribution in [0.5, 0.6) is 0 Å². The van der Waals surface area contributed by atoms with Crippen LogP contribution in [0.3, 0.4) is 0 Å². The summed E-state index contributed by atoms with van der Waals surface area (Å²) in [4.78, 5) is 2.35. The Balaban J connectivity index is 1.04. The molecule has 0 saturated heterocycles. The lowest BCUT2D eigenvalue weighted by Crippen LogP contribution is -2.10. The average molecular weight is 729 g/mol. The second kappa shape index (κ2) is 13.6. The van der Waals surface area contributed by atoms with Crippen molar-refractivity contribution in [2.24, 2.45) is 0 Å². The number of anilines is 3. The first-order chi connectivity index (χ1) is 28.3. The van der Waals surface area contributed by atoms with E-state index in [9.17, 15) is 0 Å². The highest BCUT2D eigenvalue weighted by molar-refractivity contribution is 6.18. The molecule has 0 unspecified atom stereocenters. The molecule has 0 atom stereocenters. The number of fused-ring (bicyclic) bond motifs is 6. The summed E-state index contributed by atoms with van der Waals surface area (Å²) < 4.78 is 9.26. The zero-order valence-electron chi connectivity index (χ0n) is 31.1. The van der Waals surface area contributed by atoms with Gasteiger partial charge >= 0.3 is 0 Å². The van der Waals surface area contributed by atoms with Crippen molar-refractivity contribution in [1.29, 1.82) is 0 Å². The summed E-state index contributed by atoms with van der Waals surface area (Å²) in [5, 5.41) is 4.68. The summed E-state index contributed by atoms with van der Waals surface area (Å²) in [6.07, 6.45) is 0. The molecule has 11 rings (SSSR count). The maximum atomic E-state index is 6.93. The Morgan fingerprint density at radius 2 is 0.930 bits per heavy atom. The third kappa shape index (κ3) is 5.68. The van der Waals surface area contributed by atoms with Crippen LogP contribution in [0, 0.1) is 0 Å². The van der Waals surface area contributed by atoms with Crippen molar-refractivity contribution in [2.45, 2.75) is 0 Å². The Morgan fingerprint density at radius 1 is 0.351 bits per heavy atom. The van der Waals surface area contributed by atoms with Crippen LogP contribution in [0.4, 0.5) is 17.1 Å². The number of hydrogen-bond acceptors (Lipinski definition) is 2. The molecule has 268 valence electrons. The lowest BCUT2D eigenvalue weighted by atomic mass is 10.00. The van der Waals surface area contributed by atoms with E-state index in [0.29, 0.717) is 0 Å². The predicted molar refractivity (Wildman–Crippen MR) is 239 cm³/mol. The van der Waals surface area contributed by atoms with Gasteiger partial charge in [-0.1, -0.05) is 146 Å². The number of furan rings is 1. The normalized spacial score (nSPS) is 11.5. The number of benzene rings is 9. The smallest absolute Gasteiger partial charge is 0.161 e. The van der Waals surface area contributed by atoms with Gasteiger partial charge in [-0.05, 0) is 111 Å². The molecule has 0 bridgehead atoms. The fourth-order valence-electron chi connectivity index (χ4n) is 8.43. The lowest BCUT2D eigenvalue weighted by Gasteiger charge is -2.26. The third-order valence-corrected chi connectivity index (χ3v) is 11.2. The zero-order chi connectivity index (χ0) is 37.7. The van der Waals surface area contributed by atoms with Crippen LogP contribution in [0.1, 0.15) is 0 Å². The largest absolute Gasteiger partial charge is 0.453 e. The molecule has 3 heteroatoms. The molecule has 0 spiro atoms. The van der Waals surface area contributed by atoms with Gasteiger partial charge in [0.1, 0.15) is 11.1 Å². The summed E-state index contributed by atoms with van der Waals surface area (Å²) in [6.45, 7) is 0. The van der Waals surface area contributed by atoms with E-state index >= 15 is 0 Å². The second-order valence-electron chi connectivity index (χ2n) is 14.6. The van der Waals surface area contributed by atoms with E-state index in [1.165, 1.54) is 33.0 Å². The fraction of sp³-hybridized carbons (Fsp3) is 0. The van der Waals surface area contributed by atoms with Crippen LogP contribution in [0.2, 0.25) is 0 Å². The molecular weight excluding hydrogens is 693 g/mol. The van der Waals surface area contributed by atoms with Gasteiger partial charge in [-0.25, -0.2) is 0 Å². The first-order valence-corrected chi connectivity index (χ1v) is 19.4. The molecule has 11 aromatic rings. The molecule has 0 amide bonds. The fourth-order valence-corrected chi connectivity index (χ4v) is 8.43. The highest BCUT2D eigenvalue weighted by Gasteiger charge is 2.22. The van der Waals surface area contributed by atoms with Crippen molar-refractivity contribution in [1.82, 2.24) is 4.57 Å². The van der Waals surface area contributed by atoms with Crippen molar-refractivity contribution in [3.63, 3.8) is 0 Å². The molecule has 0 aliphatic carbocycles. The summed E-state index contributed by atoms with van der Waals surface area (Å²) in [6, 6.07) is 78.0. The Bertz CT molecular complexity index is 3210. The van der Waals surface area contributed by atoms with E-state index in [1.54, 1.807) is 0 Å². The standard InChI is InChI=1S/C54H36N2O/c1-3-13-37(14-4-1)39-27-31-45(32-28-39)55(46-33-29-40(30-34-46)42-26-25-38-15-7-8-16-41(38)35-42)47-20-11-17-43(36-47)48-22-12-23-50-52-54(57-53(48)50)49-21-9-10-24-51(49)56(52)44-18-5-2-6-19-44/h1-36H. The van der Waals surface area contributed by atoms with E-state index in [4.69, 9.17) is 4.42 Å². The second-order valence-corrected chi connectivity index (χ2v) is 14.6. The number of nitrogens with zero attached hydrogens (tertiary/aromatic N) is 2. The highest BCUT2D eigenvalue weighted by Crippen LogP contribution is 2.44. The minimum atomic E-state index is 0.883. The maximum absolute atomic E-state index is 6.93. The molecule has 0 aliphatic rings. The monoisotopic (exact) mass is 728 g/mol. The average Bonchev–Trinajstić information content (AvgIpc) is 3.83. The SMILES string of the molecule is c1ccc(-c2ccc(N(c3ccc(-c4ccc5ccccc5c4)cc3)c3cccc(-c4cccc5c4oc4c6ccccc6n(-c6ccccc6)c54)c3)cc2)cc1. The Morgan fingerprint density at radius 3 is 1.70 bits per heavy atom. The van der Waals surface area contributed by atoms with E-state index < -0.39 is 0 Å². The minimum Gasteiger partial charge on any atom is -0.453 e. The number of para-hydroxylation sites is 3. The van der Waals surface area contributed by atoms with Gasteiger partial charge in [-0.2, -0.15) is 0 Å². The van der Waals surface area contributed by atoms with Crippen LogP contribution in [0.25, 0.3) is 82.8 Å². The summed E-state index contributed by atoms with van der Waals surface area (Å²) in [5.41, 5.74) is 15.2. The van der Waals surface area contributed by atoms with Gasteiger partial charge in [0, 0.05) is 39.1 Å². The van der Waals surface area contributed by atoms with Crippen LogP contribution < -0.4 is 4.90 Å². The number of aromatic nitrogens is 1. The first kappa shape index (κ1) is 32.8. The topological polar surface area (TPSA) is 21.3 Å². The number of rotatable bonds is 7. The van der Waals surface area contributed by atoms with Gasteiger partial charge in [0.25, 0.3) is 0 Å². The third-order valence-electron chi connectivity index (χ3n) is 11.2. The van der Waals surface area contributed by atoms with E-state index in [-0.39, 0.29) is 0 Å². The molecule has 2 aromatic heterocycles. The lowest BCUT2D eigenvalue weighted by molar-refractivity contribution is 0.674. The van der Waals surface area contributed by atoms with Crippen molar-refractivity contribution in [2.75, 3.05) is 4.90 Å². The highest BCUT2D eigenvalue weighted by atomic mass is 16.3. The van der Waals surface area contributed by atoms with Gasteiger partial charge in [0.2, 0.25) is 0 Å². The molecule has 3 nitrogen and oxygen atoms in total. The van der Waals surface area contributed by atoms with Crippen molar-refractivity contribution < 1.29 is 4.42 Å². The Labute approximate surface area is 330 Å². The van der Waals surface area contributed by atoms with Gasteiger partial charge in [0.15, 0.2) is 5.58 Å². The summed E-state index contributed by atoms with van der Waals surface area (Å²) in [7, 11) is 0. The van der Waals surface area contributed by atoms with Gasteiger partial charge < -0.3 is 13.9 Å². The molecule has 0 fully saturated rings. The molecule has 2 heterocycles. The summed E-state index contributed by atoms with van der Waals surface area (Å²) >= 11 is 0. The zero-order valence-corrected chi connectivity index (χ0v) is 31.1. The molecule has 57 heavy (non-hydrogen) atoms. The van der Waals surface area contributed by atoms with Crippen molar-refractivity contribution >= 4 is 60.8 Å². The van der Waals surface area contributed by atoms with Crippen molar-refractivity contribution in [3.8, 4) is 39.1 Å². The molecule has 0 N–H and O–H groups in total. The van der Waals surface area contributed by atoms with Gasteiger partial charge in [-0.15, -0.1) is 0 Å². The van der Waals surface area contributed by atoms with E-state index in [2.05, 4.69) is 228 Å². The van der Waals surface area contributed by atoms with Crippen LogP contribution in [-0.2, 0) is 0 Å². The Kier molecular flexibility index (Phi) is 7.82. The van der Waals surface area contributed by atoms with Gasteiger partial charge in [0.05, 0.1) is 5.52 Å². The molecular formula is C54H36N2O. The molecule has 0 radical (unpaired) electrons. The molecule has 0 aliphatic heterocycles. The van der Waals surface area contributed by atoms with Crippen molar-refractivity contribution in [3.05, 3.63) is 218 Å². The molecule has 0 saturated carbocycles. The Hall–Kier alpha value is -7.62. The van der Waals surface area contributed by atoms with Gasteiger partial charge in [-0.3, -0.25) is 0 Å². The van der Waals surface area contributed by atoms with Crippen LogP contribution in [0.15, 0.2) is 223 Å². The maximum Gasteiger partial charge on any atom is 0.161 e. The first-order valence-electron chi connectivity index (χ1n) is 19.4. The number of hydrogen-bond donors (Lipinski definition) is 0. The van der Waals surface area contributed by atoms with Crippen LogP contribution >= 0.6 is 0 Å². The van der Waals surface area contributed by atoms with E-state index in [0.717, 1.165) is 66.8 Å². The van der Waals surface area contributed by atoms with E-state index in [1.807, 2.05) is 0 Å².